The number of carbonyl (C=O) groups is 2. The Morgan fingerprint density at radius 2 is 1.75 bits per heavy atom. The summed E-state index contributed by atoms with van der Waals surface area (Å²) in [5.41, 5.74) is 6.39. The molecule has 0 aromatic heterocycles. The number of allylic oxidation sites excluding steroid dienone is 4. The number of hydrogen-bond donors (Lipinski definition) is 3. The number of cyclic esters (lactones) is 1. The normalized spacial score (nSPS) is 26.4. The Labute approximate surface area is 242 Å². The van der Waals surface area contributed by atoms with Crippen molar-refractivity contribution in [3.8, 4) is 0 Å². The van der Waals surface area contributed by atoms with E-state index in [1.54, 1.807) is 12.2 Å². The first-order chi connectivity index (χ1) is 18.7. The number of nitrogens with two attached hydrogens (primary N) is 1. The zero-order chi connectivity index (χ0) is 30.6. The van der Waals surface area contributed by atoms with Gasteiger partial charge in [0.2, 0.25) is 0 Å². The quantitative estimate of drug-likeness (QED) is 0.115. The molecule has 228 valence electrons. The average Bonchev–Trinajstić information content (AvgIpc) is 2.89. The van der Waals surface area contributed by atoms with Crippen LogP contribution in [0.2, 0.25) is 0 Å². The van der Waals surface area contributed by atoms with E-state index in [4.69, 9.17) is 15.2 Å². The van der Waals surface area contributed by atoms with Crippen LogP contribution in [0.15, 0.2) is 48.6 Å². The summed E-state index contributed by atoms with van der Waals surface area (Å²) in [7, 11) is 0. The van der Waals surface area contributed by atoms with Crippen LogP contribution in [0.1, 0.15) is 81.1 Å². The van der Waals surface area contributed by atoms with Crippen LogP contribution < -0.4 is 5.73 Å². The highest BCUT2D eigenvalue weighted by Crippen LogP contribution is 2.30. The van der Waals surface area contributed by atoms with Gasteiger partial charge in [0.15, 0.2) is 0 Å². The van der Waals surface area contributed by atoms with Crippen molar-refractivity contribution in [2.24, 2.45) is 47.2 Å². The second-order valence-corrected chi connectivity index (χ2v) is 12.2. The zero-order valence-corrected chi connectivity index (χ0v) is 26.0. The highest BCUT2D eigenvalue weighted by Gasteiger charge is 2.34. The van der Waals surface area contributed by atoms with E-state index in [1.807, 2.05) is 60.6 Å². The van der Waals surface area contributed by atoms with E-state index in [0.29, 0.717) is 12.3 Å². The maximum Gasteiger partial charge on any atom is 0.404 e. The van der Waals surface area contributed by atoms with Crippen molar-refractivity contribution in [3.63, 3.8) is 0 Å². The maximum absolute atomic E-state index is 11.9. The van der Waals surface area contributed by atoms with Crippen molar-refractivity contribution in [1.29, 1.82) is 0 Å². The predicted octanol–water partition coefficient (Wildman–Crippen LogP) is 6.36. The molecule has 1 fully saturated rings. The third-order valence-corrected chi connectivity index (χ3v) is 8.32. The summed E-state index contributed by atoms with van der Waals surface area (Å²) in [5, 5.41) is 22.0. The number of aliphatic hydroxyl groups excluding tert-OH is 2. The minimum absolute atomic E-state index is 0.0223. The number of ether oxygens (including phenoxy) is 2. The first kappa shape index (κ1) is 35.6. The number of rotatable bonds is 16. The second kappa shape index (κ2) is 17.4. The highest BCUT2D eigenvalue weighted by atomic mass is 16.6. The summed E-state index contributed by atoms with van der Waals surface area (Å²) in [6.07, 6.45) is 11.9. The molecular weight excluding hydrogens is 506 g/mol. The standard InChI is InChI=1S/C33H55NO6/c1-10-11-14-22(4)31(40-33(34)38)27(9)30(36)25(7)18-20(2)17-24(6)29(35)21(3)15-12-13-16-28-23(5)19-26(8)32(37)39-28/h10-12,14-15,17,21-31,35-36H,1,13,16,18-19H2,2-9H3,(H2,34,38)/t21-,22-,23+,24-,25-,26+,27-,28-,29-,30+,31-/m0/s1. The van der Waals surface area contributed by atoms with Gasteiger partial charge in [-0.1, -0.05) is 97.1 Å². The Kier molecular flexibility index (Phi) is 15.5. The lowest BCUT2D eigenvalue weighted by molar-refractivity contribution is -0.164. The zero-order valence-electron chi connectivity index (χ0n) is 26.0. The van der Waals surface area contributed by atoms with Gasteiger partial charge >= 0.3 is 12.1 Å². The van der Waals surface area contributed by atoms with Gasteiger partial charge in [-0.05, 0) is 44.4 Å². The fraction of sp³-hybridized carbons (Fsp3) is 0.697. The average molecular weight is 562 g/mol. The summed E-state index contributed by atoms with van der Waals surface area (Å²) in [6, 6.07) is 0. The van der Waals surface area contributed by atoms with E-state index in [-0.39, 0.29) is 47.6 Å². The fourth-order valence-electron chi connectivity index (χ4n) is 5.84. The topological polar surface area (TPSA) is 119 Å². The fourth-order valence-corrected chi connectivity index (χ4v) is 5.84. The number of esters is 1. The van der Waals surface area contributed by atoms with E-state index in [2.05, 4.69) is 25.7 Å². The molecular formula is C33H55NO6. The molecule has 1 rings (SSSR count). The Morgan fingerprint density at radius 1 is 1.10 bits per heavy atom. The Bertz CT molecular complexity index is 895. The van der Waals surface area contributed by atoms with Gasteiger partial charge in [-0.15, -0.1) is 0 Å². The molecule has 0 unspecified atom stereocenters. The van der Waals surface area contributed by atoms with Gasteiger partial charge in [0.1, 0.15) is 12.2 Å². The van der Waals surface area contributed by atoms with Crippen LogP contribution in [0, 0.1) is 41.4 Å². The van der Waals surface area contributed by atoms with E-state index < -0.39 is 24.4 Å². The molecule has 7 nitrogen and oxygen atoms in total. The molecule has 0 saturated carbocycles. The molecule has 1 amide bonds. The first-order valence-corrected chi connectivity index (χ1v) is 14.8. The molecule has 4 N–H and O–H groups in total. The molecule has 0 aromatic rings. The third kappa shape index (κ3) is 11.6. The van der Waals surface area contributed by atoms with Gasteiger partial charge in [-0.25, -0.2) is 4.79 Å². The van der Waals surface area contributed by atoms with Crippen LogP contribution in [0.5, 0.6) is 0 Å². The molecule has 11 atom stereocenters. The molecule has 1 aliphatic heterocycles. The van der Waals surface area contributed by atoms with Crippen LogP contribution >= 0.6 is 0 Å². The van der Waals surface area contributed by atoms with E-state index in [1.165, 1.54) is 0 Å². The summed E-state index contributed by atoms with van der Waals surface area (Å²) in [4.78, 5) is 23.4. The molecule has 0 radical (unpaired) electrons. The van der Waals surface area contributed by atoms with Gasteiger partial charge in [0.25, 0.3) is 0 Å². The van der Waals surface area contributed by atoms with E-state index >= 15 is 0 Å². The summed E-state index contributed by atoms with van der Waals surface area (Å²) < 4.78 is 11.0. The van der Waals surface area contributed by atoms with Crippen molar-refractivity contribution in [2.75, 3.05) is 0 Å². The molecule has 40 heavy (non-hydrogen) atoms. The van der Waals surface area contributed by atoms with Crippen LogP contribution in [-0.2, 0) is 14.3 Å². The summed E-state index contributed by atoms with van der Waals surface area (Å²) in [6.45, 7) is 19.5. The number of hydrogen-bond acceptors (Lipinski definition) is 6. The minimum Gasteiger partial charge on any atom is -0.462 e. The van der Waals surface area contributed by atoms with Gasteiger partial charge in [0, 0.05) is 23.7 Å². The van der Waals surface area contributed by atoms with E-state index in [9.17, 15) is 19.8 Å². The molecule has 1 saturated heterocycles. The Hall–Kier alpha value is -2.38. The van der Waals surface area contributed by atoms with Crippen molar-refractivity contribution >= 4 is 12.1 Å². The molecule has 7 heteroatoms. The molecule has 0 aromatic carbocycles. The van der Waals surface area contributed by atoms with Crippen LogP contribution in [-0.4, -0.2) is 46.7 Å². The van der Waals surface area contributed by atoms with Crippen molar-refractivity contribution < 1.29 is 29.3 Å². The van der Waals surface area contributed by atoms with Gasteiger partial charge < -0.3 is 25.4 Å². The SMILES string of the molecule is C=CC=C[C@H](C)[C@H](OC(N)=O)[C@@H](C)[C@H](O)[C@@H](C)CC(C)=C[C@H](C)[C@@H](O)[C@@H](C)C=CCC[C@@H]1OC(=O)[C@H](C)C[C@H]1C. The third-order valence-electron chi connectivity index (χ3n) is 8.32. The number of amides is 1. The van der Waals surface area contributed by atoms with E-state index in [0.717, 1.165) is 24.8 Å². The smallest absolute Gasteiger partial charge is 0.404 e. The van der Waals surface area contributed by atoms with Crippen LogP contribution in [0.25, 0.3) is 0 Å². The van der Waals surface area contributed by atoms with Gasteiger partial charge in [-0.3, -0.25) is 4.79 Å². The molecule has 0 aliphatic carbocycles. The van der Waals surface area contributed by atoms with Gasteiger partial charge in [0.05, 0.1) is 18.1 Å². The minimum atomic E-state index is -0.862. The predicted molar refractivity (Wildman–Crippen MR) is 161 cm³/mol. The first-order valence-electron chi connectivity index (χ1n) is 14.8. The molecule has 1 heterocycles. The van der Waals surface area contributed by atoms with Crippen LogP contribution in [0.4, 0.5) is 4.79 Å². The largest absolute Gasteiger partial charge is 0.462 e. The summed E-state index contributed by atoms with van der Waals surface area (Å²) in [5.74, 6) is -0.447. The van der Waals surface area contributed by atoms with Crippen molar-refractivity contribution in [2.45, 2.75) is 105 Å². The Morgan fingerprint density at radius 3 is 2.35 bits per heavy atom. The maximum atomic E-state index is 11.9. The lowest BCUT2D eigenvalue weighted by Gasteiger charge is -2.33. The lowest BCUT2D eigenvalue weighted by atomic mass is 9.81. The number of carbonyl (C=O) groups excluding carboxylic acids is 2. The lowest BCUT2D eigenvalue weighted by Crippen LogP contribution is -2.41. The van der Waals surface area contributed by atoms with Crippen molar-refractivity contribution in [1.82, 2.24) is 0 Å². The highest BCUT2D eigenvalue weighted by molar-refractivity contribution is 5.73. The number of primary amides is 1. The summed E-state index contributed by atoms with van der Waals surface area (Å²) >= 11 is 0. The second-order valence-electron chi connectivity index (χ2n) is 12.2. The Balaban J connectivity index is 2.68. The molecule has 1 aliphatic rings. The number of aliphatic hydroxyl groups is 2. The van der Waals surface area contributed by atoms with Gasteiger partial charge in [-0.2, -0.15) is 0 Å². The van der Waals surface area contributed by atoms with Crippen LogP contribution in [0.3, 0.4) is 0 Å². The van der Waals surface area contributed by atoms with Crippen molar-refractivity contribution in [3.05, 3.63) is 48.6 Å². The monoisotopic (exact) mass is 561 g/mol. The molecule has 0 spiro atoms. The molecule has 0 bridgehead atoms.